The third kappa shape index (κ3) is 5.02. The van der Waals surface area contributed by atoms with E-state index in [0.717, 1.165) is 70.1 Å². The van der Waals surface area contributed by atoms with E-state index in [-0.39, 0.29) is 49.2 Å². The summed E-state index contributed by atoms with van der Waals surface area (Å²) in [6.45, 7) is 1.34. The van der Waals surface area contributed by atoms with E-state index >= 15 is 0 Å². The van der Waals surface area contributed by atoms with Gasteiger partial charge in [-0.1, -0.05) is 24.3 Å². The van der Waals surface area contributed by atoms with E-state index in [9.17, 15) is 4.79 Å². The monoisotopic (exact) mass is 521 g/mol. The van der Waals surface area contributed by atoms with Gasteiger partial charge in [-0.05, 0) is 67.9 Å². The number of fused-ring (bicyclic) bond motifs is 1. The Labute approximate surface area is 217 Å². The first-order valence-electron chi connectivity index (χ1n) is 11.0. The molecule has 1 aliphatic rings. The predicted octanol–water partition coefficient (Wildman–Crippen LogP) is 5.46. The first-order valence-corrected chi connectivity index (χ1v) is 11.0. The number of nitrogens with two attached hydrogens (primary N) is 2. The van der Waals surface area contributed by atoms with Crippen LogP contribution in [0.15, 0.2) is 54.6 Å². The summed E-state index contributed by atoms with van der Waals surface area (Å²) in [6, 6.07) is 18.2. The normalized spacial score (nSPS) is 12.9. The standard InChI is InChI=1S/C25H27N5O.3ClH/c26-14-4-6-16(27)7-5-15-30-22-13-12-18(17-8-3-9-19(23(17)22)25(30)31)24-28-20-10-1-2-11-21(20)29-24;;;/h1-3,8-13,16H,4-7,14-15,26-27H2,(H,28,29);3*1H. The number of para-hydroxylation sites is 2. The van der Waals surface area contributed by atoms with E-state index in [2.05, 4.69) is 17.1 Å². The molecule has 0 aliphatic carbocycles. The molecule has 0 saturated heterocycles. The largest absolute Gasteiger partial charge is 0.338 e. The molecule has 3 aromatic carbocycles. The molecular formula is C25H30Cl3N5O. The van der Waals surface area contributed by atoms with Crippen molar-refractivity contribution in [3.05, 3.63) is 60.2 Å². The highest BCUT2D eigenvalue weighted by Crippen LogP contribution is 2.41. The molecule has 1 unspecified atom stereocenters. The summed E-state index contributed by atoms with van der Waals surface area (Å²) in [5.41, 5.74) is 16.5. The smallest absolute Gasteiger partial charge is 0.258 e. The molecule has 1 aliphatic heterocycles. The summed E-state index contributed by atoms with van der Waals surface area (Å²) in [5.74, 6) is 0.888. The zero-order valence-electron chi connectivity index (χ0n) is 18.7. The number of aromatic nitrogens is 2. The minimum absolute atomic E-state index is 0. The van der Waals surface area contributed by atoms with E-state index in [1.165, 1.54) is 0 Å². The van der Waals surface area contributed by atoms with Crippen molar-refractivity contribution in [1.29, 1.82) is 0 Å². The maximum Gasteiger partial charge on any atom is 0.258 e. The van der Waals surface area contributed by atoms with Crippen LogP contribution in [-0.2, 0) is 0 Å². The fourth-order valence-electron chi connectivity index (χ4n) is 4.59. The van der Waals surface area contributed by atoms with E-state index < -0.39 is 0 Å². The van der Waals surface area contributed by atoms with Crippen molar-refractivity contribution >= 4 is 70.6 Å². The van der Waals surface area contributed by atoms with Gasteiger partial charge in [0.1, 0.15) is 5.82 Å². The Kier molecular flexibility index (Phi) is 9.74. The first-order chi connectivity index (χ1) is 15.2. The lowest BCUT2D eigenvalue weighted by atomic mass is 10.00. The molecule has 0 fully saturated rings. The van der Waals surface area contributed by atoms with Gasteiger partial charge in [0, 0.05) is 29.1 Å². The molecule has 34 heavy (non-hydrogen) atoms. The highest BCUT2D eigenvalue weighted by atomic mass is 35.5. The third-order valence-corrected chi connectivity index (χ3v) is 6.17. The number of nitrogens with one attached hydrogen (secondary N) is 1. The molecule has 1 aromatic heterocycles. The zero-order chi connectivity index (χ0) is 21.4. The van der Waals surface area contributed by atoms with E-state index in [0.29, 0.717) is 13.1 Å². The van der Waals surface area contributed by atoms with Crippen molar-refractivity contribution in [2.24, 2.45) is 11.5 Å². The number of hydrogen-bond acceptors (Lipinski definition) is 4. The van der Waals surface area contributed by atoms with Crippen LogP contribution in [0, 0.1) is 0 Å². The lowest BCUT2D eigenvalue weighted by Gasteiger charge is -2.19. The van der Waals surface area contributed by atoms with Crippen LogP contribution >= 0.6 is 37.2 Å². The van der Waals surface area contributed by atoms with E-state index in [1.54, 1.807) is 0 Å². The number of carbonyl (C=O) groups is 1. The number of carbonyl (C=O) groups excluding carboxylic acids is 1. The lowest BCUT2D eigenvalue weighted by molar-refractivity contribution is 0.0992. The van der Waals surface area contributed by atoms with Crippen molar-refractivity contribution < 1.29 is 4.79 Å². The lowest BCUT2D eigenvalue weighted by Crippen LogP contribution is -2.29. The number of H-pyrrole nitrogens is 1. The Bertz CT molecular complexity index is 1240. The zero-order valence-corrected chi connectivity index (χ0v) is 21.1. The van der Waals surface area contributed by atoms with Gasteiger partial charge < -0.3 is 21.4 Å². The molecule has 0 spiro atoms. The van der Waals surface area contributed by atoms with Crippen LogP contribution in [0.25, 0.3) is 33.2 Å². The quantitative estimate of drug-likeness (QED) is 0.286. The number of amides is 1. The first kappa shape index (κ1) is 27.9. The van der Waals surface area contributed by atoms with Gasteiger partial charge in [-0.25, -0.2) is 4.98 Å². The van der Waals surface area contributed by atoms with Gasteiger partial charge in [0.25, 0.3) is 5.91 Å². The summed E-state index contributed by atoms with van der Waals surface area (Å²) < 4.78 is 0. The van der Waals surface area contributed by atoms with Gasteiger partial charge in [0.15, 0.2) is 0 Å². The van der Waals surface area contributed by atoms with Crippen molar-refractivity contribution in [3.63, 3.8) is 0 Å². The minimum Gasteiger partial charge on any atom is -0.338 e. The number of aromatic amines is 1. The van der Waals surface area contributed by atoms with Gasteiger partial charge in [-0.2, -0.15) is 0 Å². The Balaban J connectivity index is 0.00000136. The molecule has 1 atom stereocenters. The maximum atomic E-state index is 13.2. The highest BCUT2D eigenvalue weighted by Gasteiger charge is 2.30. The van der Waals surface area contributed by atoms with Crippen LogP contribution in [-0.4, -0.2) is 35.0 Å². The molecule has 6 nitrogen and oxygen atoms in total. The molecule has 5 N–H and O–H groups in total. The Morgan fingerprint density at radius 1 is 0.912 bits per heavy atom. The Morgan fingerprint density at radius 3 is 2.44 bits per heavy atom. The molecule has 182 valence electrons. The summed E-state index contributed by atoms with van der Waals surface area (Å²) in [7, 11) is 0. The SMILES string of the molecule is Cl.Cl.Cl.NCCCC(N)CCCN1C(=O)c2cccc3c(-c4nc5ccccc5[nH]4)ccc1c23. The van der Waals surface area contributed by atoms with Gasteiger partial charge in [-0.15, -0.1) is 37.2 Å². The van der Waals surface area contributed by atoms with Crippen molar-refractivity contribution in [1.82, 2.24) is 9.97 Å². The number of hydrogen-bond donors (Lipinski definition) is 3. The van der Waals surface area contributed by atoms with Crippen LogP contribution in [0.2, 0.25) is 0 Å². The van der Waals surface area contributed by atoms with Gasteiger partial charge in [0.2, 0.25) is 0 Å². The molecule has 0 radical (unpaired) electrons. The van der Waals surface area contributed by atoms with E-state index in [4.69, 9.17) is 16.5 Å². The maximum absolute atomic E-state index is 13.2. The molecule has 1 amide bonds. The molecule has 0 bridgehead atoms. The fourth-order valence-corrected chi connectivity index (χ4v) is 4.59. The second kappa shape index (κ2) is 11.9. The average molecular weight is 523 g/mol. The summed E-state index contributed by atoms with van der Waals surface area (Å²) >= 11 is 0. The number of anilines is 1. The predicted molar refractivity (Wildman–Crippen MR) is 148 cm³/mol. The molecule has 9 heteroatoms. The van der Waals surface area contributed by atoms with Crippen LogP contribution in [0.1, 0.15) is 36.0 Å². The third-order valence-electron chi connectivity index (χ3n) is 6.17. The number of nitrogens with zero attached hydrogens (tertiary/aromatic N) is 2. The van der Waals surface area contributed by atoms with Crippen LogP contribution in [0.3, 0.4) is 0 Å². The van der Waals surface area contributed by atoms with Crippen LogP contribution in [0.4, 0.5) is 5.69 Å². The minimum atomic E-state index is 0. The average Bonchev–Trinajstić information content (AvgIpc) is 3.34. The van der Waals surface area contributed by atoms with Crippen molar-refractivity contribution in [3.8, 4) is 11.4 Å². The van der Waals surface area contributed by atoms with Crippen LogP contribution in [0.5, 0.6) is 0 Å². The number of benzene rings is 3. The number of rotatable bonds is 8. The Hall–Kier alpha value is -2.35. The van der Waals surface area contributed by atoms with Crippen molar-refractivity contribution in [2.45, 2.75) is 31.7 Å². The van der Waals surface area contributed by atoms with Gasteiger partial charge in [-0.3, -0.25) is 4.79 Å². The van der Waals surface area contributed by atoms with Gasteiger partial charge in [0.05, 0.1) is 16.7 Å². The van der Waals surface area contributed by atoms with Crippen LogP contribution < -0.4 is 16.4 Å². The topological polar surface area (TPSA) is 101 Å². The van der Waals surface area contributed by atoms with Gasteiger partial charge >= 0.3 is 0 Å². The molecule has 4 aromatic rings. The number of halogens is 3. The van der Waals surface area contributed by atoms with Crippen molar-refractivity contribution in [2.75, 3.05) is 18.0 Å². The molecule has 5 rings (SSSR count). The second-order valence-corrected chi connectivity index (χ2v) is 8.25. The fraction of sp³-hybridized carbons (Fsp3) is 0.280. The van der Waals surface area contributed by atoms with E-state index in [1.807, 2.05) is 47.4 Å². The molecule has 2 heterocycles. The summed E-state index contributed by atoms with van der Waals surface area (Å²) in [5, 5.41) is 2.06. The Morgan fingerprint density at radius 2 is 1.68 bits per heavy atom. The molecule has 0 saturated carbocycles. The number of imidazole rings is 1. The molecular weight excluding hydrogens is 493 g/mol. The highest BCUT2D eigenvalue weighted by molar-refractivity contribution is 6.26. The second-order valence-electron chi connectivity index (χ2n) is 8.25. The summed E-state index contributed by atoms with van der Waals surface area (Å²) in [4.78, 5) is 23.3. The summed E-state index contributed by atoms with van der Waals surface area (Å²) in [6.07, 6.45) is 3.64.